The third-order valence-electron chi connectivity index (χ3n) is 16.1. The van der Waals surface area contributed by atoms with Crippen molar-refractivity contribution in [3.8, 4) is 0 Å². The molecule has 13 nitrogen and oxygen atoms in total. The van der Waals surface area contributed by atoms with Crippen molar-refractivity contribution < 1.29 is 54.3 Å². The van der Waals surface area contributed by atoms with Gasteiger partial charge in [0, 0.05) is 12.0 Å². The zero-order valence-electron chi connectivity index (χ0n) is 32.0. The van der Waals surface area contributed by atoms with E-state index in [9.17, 15) is 44.7 Å². The SMILES string of the molecule is CON(CC(=O)NC1CCC2(C)C(CCC3(C)C2C(=O)C=C2C4CC(C)(C(=O)O)CCC4(C)CCC23C)C1(C)C)C1OC(C(=O)O)C(O)C(O)C1O. The van der Waals surface area contributed by atoms with E-state index in [0.29, 0.717) is 19.3 Å². The number of aliphatic carboxylic acids is 2. The van der Waals surface area contributed by atoms with E-state index < -0.39 is 65.9 Å². The summed E-state index contributed by atoms with van der Waals surface area (Å²) in [6.45, 7) is 15.0. The maximum atomic E-state index is 14.7. The van der Waals surface area contributed by atoms with Crippen molar-refractivity contribution >= 4 is 23.6 Å². The van der Waals surface area contributed by atoms with Gasteiger partial charge in [0.25, 0.3) is 0 Å². The molecule has 0 aromatic heterocycles. The Labute approximate surface area is 306 Å². The van der Waals surface area contributed by atoms with Gasteiger partial charge in [0.2, 0.25) is 5.91 Å². The number of hydrogen-bond acceptors (Lipinski definition) is 10. The highest BCUT2D eigenvalue weighted by Crippen LogP contribution is 2.75. The van der Waals surface area contributed by atoms with Crippen LogP contribution < -0.4 is 5.32 Å². The zero-order chi connectivity index (χ0) is 38.6. The number of carbonyl (C=O) groups is 4. The number of aliphatic hydroxyl groups excluding tert-OH is 3. The Balaban J connectivity index is 1.22. The highest BCUT2D eigenvalue weighted by atomic mass is 16.7. The lowest BCUT2D eigenvalue weighted by molar-refractivity contribution is -0.319. The molecule has 0 aromatic rings. The quantitative estimate of drug-likeness (QED) is 0.209. The molecule has 1 aliphatic heterocycles. The molecule has 13 heteroatoms. The van der Waals surface area contributed by atoms with Crippen molar-refractivity contribution in [3.05, 3.63) is 11.6 Å². The van der Waals surface area contributed by atoms with E-state index >= 15 is 0 Å². The second-order valence-corrected chi connectivity index (χ2v) is 19.1. The van der Waals surface area contributed by atoms with E-state index in [1.54, 1.807) is 0 Å². The molecule has 6 N–H and O–H groups in total. The first-order valence-corrected chi connectivity index (χ1v) is 19.0. The minimum Gasteiger partial charge on any atom is -0.481 e. The van der Waals surface area contributed by atoms with Crippen LogP contribution in [-0.4, -0.2) is 105 Å². The first kappa shape index (κ1) is 39.3. The number of allylic oxidation sites excluding steroid dienone is 2. The number of carbonyl (C=O) groups excluding carboxylic acids is 2. The molecule has 14 unspecified atom stereocenters. The van der Waals surface area contributed by atoms with E-state index in [1.807, 2.05) is 13.0 Å². The molecule has 1 amide bonds. The third kappa shape index (κ3) is 5.62. The molecule has 0 aromatic carbocycles. The van der Waals surface area contributed by atoms with Gasteiger partial charge in [-0.1, -0.05) is 47.1 Å². The van der Waals surface area contributed by atoms with Gasteiger partial charge in [0.15, 0.2) is 18.1 Å². The van der Waals surface area contributed by atoms with Crippen molar-refractivity contribution in [3.63, 3.8) is 0 Å². The summed E-state index contributed by atoms with van der Waals surface area (Å²) >= 11 is 0. The number of amides is 1. The molecule has 0 spiro atoms. The summed E-state index contributed by atoms with van der Waals surface area (Å²) in [5.74, 6) is -2.66. The van der Waals surface area contributed by atoms with Crippen LogP contribution >= 0.6 is 0 Å². The van der Waals surface area contributed by atoms with E-state index in [1.165, 1.54) is 12.7 Å². The number of rotatable bonds is 7. The largest absolute Gasteiger partial charge is 0.481 e. The molecule has 6 rings (SSSR count). The molecule has 52 heavy (non-hydrogen) atoms. The number of nitrogens with zero attached hydrogens (tertiary/aromatic N) is 1. The van der Waals surface area contributed by atoms with Crippen LogP contribution in [0.5, 0.6) is 0 Å². The minimum atomic E-state index is -1.87. The van der Waals surface area contributed by atoms with Gasteiger partial charge < -0.3 is 35.6 Å². The van der Waals surface area contributed by atoms with Crippen molar-refractivity contribution in [1.29, 1.82) is 0 Å². The van der Waals surface area contributed by atoms with Gasteiger partial charge in [-0.2, -0.15) is 0 Å². The average molecular weight is 733 g/mol. The van der Waals surface area contributed by atoms with Gasteiger partial charge >= 0.3 is 11.9 Å². The number of hydroxylamine groups is 2. The fourth-order valence-corrected chi connectivity index (χ4v) is 12.6. The van der Waals surface area contributed by atoms with E-state index in [0.717, 1.165) is 43.6 Å². The lowest BCUT2D eigenvalue weighted by Crippen LogP contribution is -2.68. The minimum absolute atomic E-state index is 0.0260. The Kier molecular flexibility index (Phi) is 9.69. The van der Waals surface area contributed by atoms with Gasteiger partial charge in [-0.3, -0.25) is 19.2 Å². The van der Waals surface area contributed by atoms with Crippen molar-refractivity contribution in [2.75, 3.05) is 13.7 Å². The maximum absolute atomic E-state index is 14.7. The molecule has 5 aliphatic carbocycles. The number of hydrogen-bond donors (Lipinski definition) is 6. The summed E-state index contributed by atoms with van der Waals surface area (Å²) < 4.78 is 5.38. The van der Waals surface area contributed by atoms with Gasteiger partial charge in [-0.25, -0.2) is 4.79 Å². The average Bonchev–Trinajstić information content (AvgIpc) is 3.05. The predicted octanol–water partition coefficient (Wildman–Crippen LogP) is 3.29. The lowest BCUT2D eigenvalue weighted by atomic mass is 9.33. The van der Waals surface area contributed by atoms with Crippen LogP contribution in [0.4, 0.5) is 0 Å². The Bertz CT molecular complexity index is 1530. The molecule has 292 valence electrons. The van der Waals surface area contributed by atoms with Gasteiger partial charge in [-0.15, -0.1) is 5.06 Å². The highest BCUT2D eigenvalue weighted by Gasteiger charge is 2.70. The van der Waals surface area contributed by atoms with Crippen LogP contribution in [0, 0.1) is 50.2 Å². The van der Waals surface area contributed by atoms with Crippen LogP contribution in [0.2, 0.25) is 0 Å². The molecule has 0 radical (unpaired) electrons. The van der Waals surface area contributed by atoms with E-state index in [2.05, 4.69) is 46.9 Å². The smallest absolute Gasteiger partial charge is 0.335 e. The molecule has 1 heterocycles. The summed E-state index contributed by atoms with van der Waals surface area (Å²) in [6.07, 6.45) is 0.204. The van der Waals surface area contributed by atoms with E-state index in [4.69, 9.17) is 9.57 Å². The summed E-state index contributed by atoms with van der Waals surface area (Å²) in [6, 6.07) is -0.260. The zero-order valence-corrected chi connectivity index (χ0v) is 32.0. The topological polar surface area (TPSA) is 203 Å². The van der Waals surface area contributed by atoms with Crippen LogP contribution in [0.1, 0.15) is 106 Å². The molecule has 0 bridgehead atoms. The van der Waals surface area contributed by atoms with Crippen LogP contribution in [0.15, 0.2) is 11.6 Å². The van der Waals surface area contributed by atoms with Crippen LogP contribution in [0.3, 0.4) is 0 Å². The summed E-state index contributed by atoms with van der Waals surface area (Å²) in [5.41, 5.74) is -0.976. The predicted molar refractivity (Wildman–Crippen MR) is 187 cm³/mol. The molecule has 5 fully saturated rings. The number of ketones is 1. The van der Waals surface area contributed by atoms with E-state index in [-0.39, 0.29) is 51.2 Å². The number of carboxylic acid groups (broad SMARTS) is 2. The number of fused-ring (bicyclic) bond motifs is 7. The maximum Gasteiger partial charge on any atom is 0.335 e. The lowest BCUT2D eigenvalue weighted by Gasteiger charge is -2.70. The fourth-order valence-electron chi connectivity index (χ4n) is 12.6. The first-order valence-electron chi connectivity index (χ1n) is 19.0. The van der Waals surface area contributed by atoms with Gasteiger partial charge in [0.05, 0.1) is 12.5 Å². The standard InChI is InChI=1S/C39H60N2O11/c1-34(2)23-9-12-39(7)30(22(42)17-20-21-18-36(4,33(49)50)14-13-35(21,3)15-16-38(20,39)6)37(23,5)11-10-24(34)40-25(43)19-41(51-8)31-28(46)26(44)27(45)29(52-31)32(47)48/h17,21,23-24,26-31,44-46H,9-16,18-19H2,1-8H3,(H,40,43)(H,47,48)(H,49,50). The summed E-state index contributed by atoms with van der Waals surface area (Å²) in [5, 5.41) is 54.8. The number of aliphatic hydroxyl groups is 3. The Morgan fingerprint density at radius 3 is 2.17 bits per heavy atom. The van der Waals surface area contributed by atoms with Crippen LogP contribution in [-0.2, 0) is 28.8 Å². The van der Waals surface area contributed by atoms with Gasteiger partial charge in [-0.05, 0) is 110 Å². The first-order chi connectivity index (χ1) is 24.0. The monoisotopic (exact) mass is 732 g/mol. The van der Waals surface area contributed by atoms with Crippen molar-refractivity contribution in [2.45, 2.75) is 143 Å². The Morgan fingerprint density at radius 1 is 0.904 bits per heavy atom. The third-order valence-corrected chi connectivity index (χ3v) is 16.1. The Morgan fingerprint density at radius 2 is 1.56 bits per heavy atom. The molecular formula is C39H60N2O11. The Hall–Kier alpha value is -2.42. The molecule has 4 saturated carbocycles. The fraction of sp³-hybridized carbons (Fsp3) is 0.846. The van der Waals surface area contributed by atoms with Crippen LogP contribution in [0.25, 0.3) is 0 Å². The molecule has 1 saturated heterocycles. The second-order valence-electron chi connectivity index (χ2n) is 19.1. The number of carboxylic acids is 2. The van der Waals surface area contributed by atoms with Crippen molar-refractivity contribution in [1.82, 2.24) is 10.4 Å². The summed E-state index contributed by atoms with van der Waals surface area (Å²) in [7, 11) is 1.24. The van der Waals surface area contributed by atoms with Gasteiger partial charge in [0.1, 0.15) is 24.9 Å². The molecule has 14 atom stereocenters. The normalized spacial score (nSPS) is 48.3. The number of nitrogens with one attached hydrogen (secondary N) is 1. The molecule has 6 aliphatic rings. The highest BCUT2D eigenvalue weighted by molar-refractivity contribution is 5.95. The second kappa shape index (κ2) is 12.8. The van der Waals surface area contributed by atoms with Crippen molar-refractivity contribution in [2.24, 2.45) is 50.2 Å². The summed E-state index contributed by atoms with van der Waals surface area (Å²) in [4.78, 5) is 57.7. The molecular weight excluding hydrogens is 672 g/mol. The number of ether oxygens (including phenoxy) is 1.